The average molecular weight is 653 g/mol. The van der Waals surface area contributed by atoms with Crippen LogP contribution in [-0.4, -0.2) is 78.7 Å². The Morgan fingerprint density at radius 1 is 1.18 bits per heavy atom. The lowest BCUT2D eigenvalue weighted by molar-refractivity contribution is -0.191. The van der Waals surface area contributed by atoms with Crippen LogP contribution in [0.15, 0.2) is 55.1 Å². The molecule has 0 amide bonds. The van der Waals surface area contributed by atoms with Crippen LogP contribution in [0.1, 0.15) is 27.0 Å². The van der Waals surface area contributed by atoms with Gasteiger partial charge in [-0.25, -0.2) is 28.8 Å². The molecule has 6 atom stereocenters. The number of aromatic nitrogens is 4. The van der Waals surface area contributed by atoms with Crippen molar-refractivity contribution < 1.29 is 42.3 Å². The number of esters is 1. The highest BCUT2D eigenvalue weighted by atomic mass is 32.5. The van der Waals surface area contributed by atoms with Crippen LogP contribution in [-0.2, 0) is 30.6 Å². The number of hydrogen-bond acceptors (Lipinski definition) is 12. The maximum absolute atomic E-state index is 14.8. The number of carbonyl (C=O) groups is 1. The number of imidazole rings is 1. The Morgan fingerprint density at radius 3 is 2.61 bits per heavy atom. The molecule has 44 heavy (non-hydrogen) atoms. The molecule has 236 valence electrons. The number of nitrogens with one attached hydrogen (secondary N) is 1. The van der Waals surface area contributed by atoms with Gasteiger partial charge in [0.1, 0.15) is 35.8 Å². The van der Waals surface area contributed by atoms with E-state index in [9.17, 15) is 23.8 Å². The predicted molar refractivity (Wildman–Crippen MR) is 159 cm³/mol. The molecular weight excluding hydrogens is 621 g/mol. The second-order valence-electron chi connectivity index (χ2n) is 10.5. The smallest absolute Gasteiger partial charge is 0.323 e. The normalized spacial score (nSPS) is 24.2. The number of rotatable bonds is 11. The summed E-state index contributed by atoms with van der Waals surface area (Å²) in [6.45, 7) is -0.103. The molecule has 1 fully saturated rings. The minimum Gasteiger partial charge on any atom is -0.462 e. The molecule has 1 unspecified atom stereocenters. The second kappa shape index (κ2) is 12.6. The molecule has 1 aliphatic rings. The Bertz CT molecular complexity index is 1710. The van der Waals surface area contributed by atoms with Crippen molar-refractivity contribution in [3.8, 4) is 5.75 Å². The van der Waals surface area contributed by atoms with Gasteiger partial charge in [0, 0.05) is 0 Å². The molecule has 0 bridgehead atoms. The van der Waals surface area contributed by atoms with Gasteiger partial charge < -0.3 is 34.5 Å². The number of aliphatic hydroxyl groups excluding tert-OH is 2. The first-order valence-corrected chi connectivity index (χ1v) is 16.1. The summed E-state index contributed by atoms with van der Waals surface area (Å²) in [6, 6.07) is 11.4. The molecule has 2 aromatic heterocycles. The maximum atomic E-state index is 14.8. The Labute approximate surface area is 255 Å². The lowest BCUT2D eigenvalue weighted by Gasteiger charge is -2.34. The number of aliphatic hydroxyl groups is 2. The highest BCUT2D eigenvalue weighted by Gasteiger charge is 2.61. The number of nitrogens with two attached hydrogens (primary N) is 1. The van der Waals surface area contributed by atoms with Gasteiger partial charge in [0.05, 0.1) is 19.0 Å². The van der Waals surface area contributed by atoms with Crippen LogP contribution >= 0.6 is 6.64 Å². The van der Waals surface area contributed by atoms with Crippen molar-refractivity contribution in [2.45, 2.75) is 63.4 Å². The first-order chi connectivity index (χ1) is 20.8. The van der Waals surface area contributed by atoms with E-state index in [1.54, 1.807) is 32.0 Å². The Morgan fingerprint density at radius 2 is 1.91 bits per heavy atom. The Hall–Kier alpha value is -3.37. The van der Waals surface area contributed by atoms with Gasteiger partial charge in [0.25, 0.3) is 6.43 Å². The van der Waals surface area contributed by atoms with Crippen LogP contribution in [0.2, 0.25) is 0 Å². The monoisotopic (exact) mass is 652 g/mol. The number of fused-ring (bicyclic) bond motifs is 2. The summed E-state index contributed by atoms with van der Waals surface area (Å²) in [6.07, 6.45) is -7.09. The van der Waals surface area contributed by atoms with Gasteiger partial charge in [-0.3, -0.25) is 9.36 Å². The number of halogens is 2. The van der Waals surface area contributed by atoms with Gasteiger partial charge in [0.2, 0.25) is 0 Å². The highest BCUT2D eigenvalue weighted by molar-refractivity contribution is 8.09. The van der Waals surface area contributed by atoms with Crippen molar-refractivity contribution in [3.05, 3.63) is 55.1 Å². The molecule has 0 spiro atoms. The van der Waals surface area contributed by atoms with Crippen molar-refractivity contribution >= 4 is 52.2 Å². The van der Waals surface area contributed by atoms with E-state index < -0.39 is 61.8 Å². The van der Waals surface area contributed by atoms with Gasteiger partial charge in [-0.15, -0.1) is 0 Å². The minimum absolute atomic E-state index is 0.0213. The van der Waals surface area contributed by atoms with Gasteiger partial charge in [-0.2, -0.15) is 0 Å². The molecule has 5 rings (SSSR count). The van der Waals surface area contributed by atoms with Crippen molar-refractivity contribution in [3.63, 3.8) is 0 Å². The molecule has 0 radical (unpaired) electrons. The largest absolute Gasteiger partial charge is 0.462 e. The zero-order valence-electron chi connectivity index (χ0n) is 23.8. The summed E-state index contributed by atoms with van der Waals surface area (Å²) in [7, 11) is 0. The molecule has 0 saturated carbocycles. The molecule has 2 aromatic carbocycles. The van der Waals surface area contributed by atoms with Gasteiger partial charge in [-0.05, 0) is 55.5 Å². The van der Waals surface area contributed by atoms with Crippen molar-refractivity contribution in [2.24, 2.45) is 0 Å². The third-order valence-corrected chi connectivity index (χ3v) is 9.43. The third-order valence-electron chi connectivity index (χ3n) is 6.95. The lowest BCUT2D eigenvalue weighted by Crippen LogP contribution is -2.53. The number of hydrogen-bond donors (Lipinski definition) is 4. The van der Waals surface area contributed by atoms with Gasteiger partial charge in [0.15, 0.2) is 23.3 Å². The van der Waals surface area contributed by atoms with E-state index in [1.165, 1.54) is 13.3 Å². The number of benzene rings is 2. The van der Waals surface area contributed by atoms with E-state index >= 15 is 0 Å². The summed E-state index contributed by atoms with van der Waals surface area (Å²) in [5.41, 5.74) is 3.28. The maximum Gasteiger partial charge on any atom is 0.323 e. The van der Waals surface area contributed by atoms with E-state index in [0.717, 1.165) is 21.7 Å². The summed E-state index contributed by atoms with van der Waals surface area (Å²) in [4.78, 5) is 24.6. The molecule has 0 aliphatic carbocycles. The summed E-state index contributed by atoms with van der Waals surface area (Å²) < 4.78 is 53.6. The van der Waals surface area contributed by atoms with Crippen LogP contribution in [0, 0.1) is 0 Å². The van der Waals surface area contributed by atoms with E-state index in [-0.39, 0.29) is 22.7 Å². The van der Waals surface area contributed by atoms with E-state index in [4.69, 9.17) is 36.1 Å². The first kappa shape index (κ1) is 32.0. The molecule has 1 aliphatic heterocycles. The number of alkyl halides is 2. The third kappa shape index (κ3) is 6.24. The minimum atomic E-state index is -3.86. The molecule has 3 heterocycles. The number of anilines is 1. The number of nitrogen functional groups attached to an aromatic ring is 1. The topological polar surface area (TPSA) is 176 Å². The van der Waals surface area contributed by atoms with Crippen LogP contribution in [0.25, 0.3) is 21.9 Å². The summed E-state index contributed by atoms with van der Waals surface area (Å²) >= 11 is 5.70. The fraction of sp³-hybridized carbons (Fsp3) is 0.407. The van der Waals surface area contributed by atoms with Gasteiger partial charge >= 0.3 is 12.6 Å². The number of nitrogens with zero attached hydrogens (tertiary/aromatic N) is 4. The molecule has 5 N–H and O–H groups in total. The highest BCUT2D eigenvalue weighted by Crippen LogP contribution is 2.50. The fourth-order valence-electron chi connectivity index (χ4n) is 4.71. The van der Waals surface area contributed by atoms with Crippen LogP contribution < -0.4 is 15.3 Å². The van der Waals surface area contributed by atoms with Crippen molar-refractivity contribution in [1.82, 2.24) is 24.6 Å². The standard InChI is InChI=1S/C27H31F2N6O7PS/c1-14(2)40-25(38)15(3)34-43(44,42-18-9-8-16-6-4-5-7-17(16)10-18)39-11-27(26(28)29)21(37)20(36)24(41-27)35-13-33-19-22(30)31-12-32-23(19)35/h4-10,12-15,20-21,24,26,36-37H,11H2,1-3H3,(H,34,44)(H2,30,31,32)/t15-,20+,21+,24+,27+,43?/m0/s1. The fourth-order valence-corrected chi connectivity index (χ4v) is 7.13. The Kier molecular flexibility index (Phi) is 9.14. The molecule has 1 saturated heterocycles. The summed E-state index contributed by atoms with van der Waals surface area (Å²) in [5, 5.41) is 26.4. The zero-order valence-corrected chi connectivity index (χ0v) is 25.5. The zero-order chi connectivity index (χ0) is 31.8. The Balaban J connectivity index is 1.45. The molecular formula is C27H31F2N6O7PS. The molecule has 4 aromatic rings. The van der Waals surface area contributed by atoms with E-state index in [0.29, 0.717) is 0 Å². The lowest BCUT2D eigenvalue weighted by atomic mass is 9.96. The number of carbonyl (C=O) groups excluding carboxylic acids is 1. The van der Waals surface area contributed by atoms with Gasteiger partial charge in [-0.1, -0.05) is 30.3 Å². The van der Waals surface area contributed by atoms with Crippen LogP contribution in [0.4, 0.5) is 14.6 Å². The van der Waals surface area contributed by atoms with Crippen LogP contribution in [0.5, 0.6) is 5.75 Å². The molecule has 17 heteroatoms. The van der Waals surface area contributed by atoms with Crippen molar-refractivity contribution in [1.29, 1.82) is 0 Å². The molecule has 13 nitrogen and oxygen atoms in total. The van der Waals surface area contributed by atoms with Crippen molar-refractivity contribution in [2.75, 3.05) is 12.3 Å². The second-order valence-corrected chi connectivity index (χ2v) is 13.6. The predicted octanol–water partition coefficient (Wildman–Crippen LogP) is 3.07. The van der Waals surface area contributed by atoms with E-state index in [1.807, 2.05) is 24.3 Å². The van der Waals surface area contributed by atoms with E-state index in [2.05, 4.69) is 20.0 Å². The SMILES string of the molecule is CC(C)OC(=O)[C@H](C)NP(=S)(OC[C@@]1(C(F)F)O[C@@H](n2cnc3c(N)ncnc32)[C@H](O)[C@H]1O)Oc1ccc2ccccc2c1. The first-order valence-electron chi connectivity index (χ1n) is 13.5. The quantitative estimate of drug-likeness (QED) is 0.138. The van der Waals surface area contributed by atoms with Crippen LogP contribution in [0.3, 0.4) is 0 Å². The average Bonchev–Trinajstić information content (AvgIpc) is 3.51. The number of ether oxygens (including phenoxy) is 2. The summed E-state index contributed by atoms with van der Waals surface area (Å²) in [5.74, 6) is -0.416.